The van der Waals surface area contributed by atoms with Crippen molar-refractivity contribution in [2.45, 2.75) is 19.6 Å². The number of rotatable bonds is 5. The molecule has 19 heavy (non-hydrogen) atoms. The number of hydrogen-bond acceptors (Lipinski definition) is 4. The van der Waals surface area contributed by atoms with E-state index in [1.165, 1.54) is 7.11 Å². The van der Waals surface area contributed by atoms with Crippen LogP contribution in [0.3, 0.4) is 0 Å². The zero-order valence-electron chi connectivity index (χ0n) is 11.3. The second-order valence-corrected chi connectivity index (χ2v) is 6.44. The first-order valence-corrected chi connectivity index (χ1v) is 8.51. The topological polar surface area (TPSA) is 53.3 Å². The largest absolute Gasteiger partial charge is 0.464 e. The number of methoxy groups -OCH3 is 1. The lowest BCUT2D eigenvalue weighted by Gasteiger charge is -2.08. The minimum atomic E-state index is -0.729. The number of carbonyl (C=O) groups is 1. The molecule has 0 amide bonds. The van der Waals surface area contributed by atoms with E-state index in [2.05, 4.69) is 18.2 Å². The average molecular weight is 277 g/mol. The normalized spacial score (nSPS) is 11.2. The molecule has 0 aliphatic heterocycles. The Balaban J connectivity index is 2.33. The third-order valence-electron chi connectivity index (χ3n) is 2.72. The molecule has 1 heterocycles. The van der Waals surface area contributed by atoms with Crippen molar-refractivity contribution in [3.05, 3.63) is 30.0 Å². The van der Waals surface area contributed by atoms with E-state index in [9.17, 15) is 4.79 Å². The first-order chi connectivity index (χ1) is 9.13. The Morgan fingerprint density at radius 1 is 1.37 bits per heavy atom. The van der Waals surface area contributed by atoms with Gasteiger partial charge in [0.05, 0.1) is 25.8 Å². The highest BCUT2D eigenvalue weighted by atomic mass is 28.3. The van der Waals surface area contributed by atoms with E-state index in [-0.39, 0.29) is 5.97 Å². The van der Waals surface area contributed by atoms with Crippen LogP contribution < -0.4 is 0 Å². The lowest BCUT2D eigenvalue weighted by atomic mass is 10.2. The predicted molar refractivity (Wildman–Crippen MR) is 74.5 cm³/mol. The van der Waals surface area contributed by atoms with Gasteiger partial charge in [0.1, 0.15) is 0 Å². The molecule has 5 nitrogen and oxygen atoms in total. The van der Waals surface area contributed by atoms with E-state index >= 15 is 0 Å². The molecule has 0 N–H and O–H groups in total. The van der Waals surface area contributed by atoms with Crippen LogP contribution in [0.4, 0.5) is 0 Å². The van der Waals surface area contributed by atoms with Gasteiger partial charge >= 0.3 is 5.97 Å². The van der Waals surface area contributed by atoms with Crippen molar-refractivity contribution < 1.29 is 14.0 Å². The SMILES string of the molecule is COC(=O)c1c2ccccc2nn1CCO[Si](C)C. The van der Waals surface area contributed by atoms with Crippen molar-refractivity contribution in [3.8, 4) is 0 Å². The summed E-state index contributed by atoms with van der Waals surface area (Å²) in [6, 6.07) is 7.54. The zero-order chi connectivity index (χ0) is 13.8. The molecule has 2 rings (SSSR count). The summed E-state index contributed by atoms with van der Waals surface area (Å²) in [7, 11) is 0.650. The van der Waals surface area contributed by atoms with E-state index in [1.54, 1.807) is 4.68 Å². The Bertz CT molecular complexity index is 580. The van der Waals surface area contributed by atoms with Crippen LogP contribution in [0.25, 0.3) is 10.9 Å². The molecule has 0 saturated heterocycles. The average Bonchev–Trinajstić information content (AvgIpc) is 2.75. The number of carbonyl (C=O) groups excluding carboxylic acids is 1. The van der Waals surface area contributed by atoms with Gasteiger partial charge in [-0.15, -0.1) is 0 Å². The van der Waals surface area contributed by atoms with Crippen molar-refractivity contribution in [1.82, 2.24) is 9.78 Å². The number of nitrogens with zero attached hydrogens (tertiary/aromatic N) is 2. The maximum absolute atomic E-state index is 11.9. The van der Waals surface area contributed by atoms with Gasteiger partial charge in [-0.1, -0.05) is 18.2 Å². The van der Waals surface area contributed by atoms with E-state index in [0.29, 0.717) is 18.8 Å². The molecule has 0 saturated carbocycles. The van der Waals surface area contributed by atoms with Crippen LogP contribution in [-0.2, 0) is 15.7 Å². The van der Waals surface area contributed by atoms with Crippen LogP contribution in [0.1, 0.15) is 10.5 Å². The van der Waals surface area contributed by atoms with Gasteiger partial charge in [-0.25, -0.2) is 4.79 Å². The molecule has 0 spiro atoms. The standard InChI is InChI=1S/C13H17N2O3Si/c1-17-13(16)12-10-6-4-5-7-11(10)14-15(12)8-9-18-19(2)3/h4-7H,8-9H2,1-3H3. The first kappa shape index (κ1) is 13.8. The number of benzene rings is 1. The fourth-order valence-corrected chi connectivity index (χ4v) is 2.39. The second kappa shape index (κ2) is 5.99. The van der Waals surface area contributed by atoms with Gasteiger partial charge in [0.2, 0.25) is 9.04 Å². The Morgan fingerprint density at radius 2 is 2.11 bits per heavy atom. The molecule has 1 radical (unpaired) electrons. The van der Waals surface area contributed by atoms with Gasteiger partial charge in [0.15, 0.2) is 5.69 Å². The number of hydrogen-bond donors (Lipinski definition) is 0. The van der Waals surface area contributed by atoms with Crippen LogP contribution in [0.2, 0.25) is 13.1 Å². The summed E-state index contributed by atoms with van der Waals surface area (Å²) < 4.78 is 12.1. The number of aromatic nitrogens is 2. The third kappa shape index (κ3) is 3.02. The molecule has 0 aliphatic rings. The van der Waals surface area contributed by atoms with Gasteiger partial charge in [-0.3, -0.25) is 4.68 Å². The molecular formula is C13H17N2O3Si. The first-order valence-electron chi connectivity index (χ1n) is 6.10. The Labute approximate surface area is 113 Å². The fourth-order valence-electron chi connectivity index (χ4n) is 1.89. The monoisotopic (exact) mass is 277 g/mol. The summed E-state index contributed by atoms with van der Waals surface area (Å²) in [5.74, 6) is -0.368. The minimum absolute atomic E-state index is 0.368. The fraction of sp³-hybridized carbons (Fsp3) is 0.385. The van der Waals surface area contributed by atoms with E-state index in [0.717, 1.165) is 10.9 Å². The van der Waals surface area contributed by atoms with E-state index < -0.39 is 9.04 Å². The Hall–Kier alpha value is -1.66. The molecule has 0 bridgehead atoms. The van der Waals surface area contributed by atoms with Gasteiger partial charge in [-0.2, -0.15) is 5.10 Å². The Kier molecular flexibility index (Phi) is 4.34. The maximum atomic E-state index is 11.9. The molecule has 6 heteroatoms. The molecule has 1 aromatic heterocycles. The van der Waals surface area contributed by atoms with Crippen molar-refractivity contribution in [2.24, 2.45) is 0 Å². The molecule has 0 aliphatic carbocycles. The van der Waals surface area contributed by atoms with Gasteiger partial charge in [0.25, 0.3) is 0 Å². The molecular weight excluding hydrogens is 260 g/mol. The van der Waals surface area contributed by atoms with Gasteiger partial charge in [-0.05, 0) is 19.2 Å². The summed E-state index contributed by atoms with van der Waals surface area (Å²) in [6.07, 6.45) is 0. The number of esters is 1. The van der Waals surface area contributed by atoms with Gasteiger partial charge in [0, 0.05) is 5.39 Å². The van der Waals surface area contributed by atoms with Crippen molar-refractivity contribution >= 4 is 25.9 Å². The van der Waals surface area contributed by atoms with E-state index in [1.807, 2.05) is 24.3 Å². The molecule has 0 fully saturated rings. The lowest BCUT2D eigenvalue weighted by Crippen LogP contribution is -2.18. The molecule has 0 unspecified atom stereocenters. The lowest BCUT2D eigenvalue weighted by molar-refractivity contribution is 0.0587. The Morgan fingerprint density at radius 3 is 2.79 bits per heavy atom. The summed E-state index contributed by atoms with van der Waals surface area (Å²) in [6.45, 7) is 5.26. The highest BCUT2D eigenvalue weighted by Gasteiger charge is 2.18. The quantitative estimate of drug-likeness (QED) is 0.620. The number of ether oxygens (including phenoxy) is 1. The van der Waals surface area contributed by atoms with Crippen molar-refractivity contribution in [1.29, 1.82) is 0 Å². The van der Waals surface area contributed by atoms with Crippen molar-refractivity contribution in [2.75, 3.05) is 13.7 Å². The summed E-state index contributed by atoms with van der Waals surface area (Å²) >= 11 is 0. The molecule has 1 aromatic carbocycles. The summed E-state index contributed by atoms with van der Waals surface area (Å²) in [5.41, 5.74) is 1.28. The van der Waals surface area contributed by atoms with Crippen LogP contribution >= 0.6 is 0 Å². The van der Waals surface area contributed by atoms with Crippen LogP contribution in [0.5, 0.6) is 0 Å². The van der Waals surface area contributed by atoms with Crippen molar-refractivity contribution in [3.63, 3.8) is 0 Å². The number of fused-ring (bicyclic) bond motifs is 1. The highest BCUT2D eigenvalue weighted by Crippen LogP contribution is 2.18. The summed E-state index contributed by atoms with van der Waals surface area (Å²) in [4.78, 5) is 11.9. The zero-order valence-corrected chi connectivity index (χ0v) is 12.3. The minimum Gasteiger partial charge on any atom is -0.464 e. The maximum Gasteiger partial charge on any atom is 0.356 e. The predicted octanol–water partition coefficient (Wildman–Crippen LogP) is 2.09. The molecule has 2 aromatic rings. The van der Waals surface area contributed by atoms with E-state index in [4.69, 9.17) is 9.16 Å². The second-order valence-electron chi connectivity index (χ2n) is 4.34. The van der Waals surface area contributed by atoms with Gasteiger partial charge < -0.3 is 9.16 Å². The van der Waals surface area contributed by atoms with Crippen LogP contribution in [0.15, 0.2) is 24.3 Å². The molecule has 101 valence electrons. The molecule has 0 atom stereocenters. The smallest absolute Gasteiger partial charge is 0.356 e. The summed E-state index contributed by atoms with van der Waals surface area (Å²) in [5, 5.41) is 5.24. The van der Waals surface area contributed by atoms with Crippen LogP contribution in [-0.4, -0.2) is 38.5 Å². The third-order valence-corrected chi connectivity index (χ3v) is 3.50. The van der Waals surface area contributed by atoms with Crippen LogP contribution in [0, 0.1) is 0 Å². The highest BCUT2D eigenvalue weighted by molar-refractivity contribution is 6.48.